The van der Waals surface area contributed by atoms with Gasteiger partial charge in [0.1, 0.15) is 11.4 Å². The van der Waals surface area contributed by atoms with Gasteiger partial charge >= 0.3 is 0 Å². The van der Waals surface area contributed by atoms with Crippen LogP contribution >= 0.6 is 0 Å². The second-order valence-corrected chi connectivity index (χ2v) is 3.82. The molecule has 0 amide bonds. The molecule has 0 unspecified atom stereocenters. The van der Waals surface area contributed by atoms with E-state index >= 15 is 0 Å². The second kappa shape index (κ2) is 4.35. The van der Waals surface area contributed by atoms with Crippen LogP contribution in [-0.2, 0) is 9.59 Å². The maximum absolute atomic E-state index is 10.4. The molecule has 1 aliphatic rings. The van der Waals surface area contributed by atoms with E-state index in [1.165, 1.54) is 12.2 Å². The van der Waals surface area contributed by atoms with Crippen molar-refractivity contribution < 1.29 is 14.3 Å². The molecule has 90 valence electrons. The summed E-state index contributed by atoms with van der Waals surface area (Å²) in [5.41, 5.74) is 2.19. The van der Waals surface area contributed by atoms with Gasteiger partial charge in [0.2, 0.25) is 12.2 Å². The Hall–Kier alpha value is -3.00. The SMILES string of the molecule is O=C=Nc1cc(-c2ccccc2)c2c(c1N=C=O)O2. The minimum atomic E-state index is 0.216. The van der Waals surface area contributed by atoms with Crippen molar-refractivity contribution in [2.45, 2.75) is 0 Å². The van der Waals surface area contributed by atoms with Crippen LogP contribution in [0.4, 0.5) is 11.4 Å². The number of hydrogen-bond acceptors (Lipinski definition) is 5. The highest BCUT2D eigenvalue weighted by Crippen LogP contribution is 2.61. The molecule has 1 aliphatic heterocycles. The fourth-order valence-electron chi connectivity index (χ4n) is 1.92. The molecule has 2 aromatic rings. The number of isocyanates is 2. The van der Waals surface area contributed by atoms with Gasteiger partial charge in [-0.2, -0.15) is 9.98 Å². The van der Waals surface area contributed by atoms with Crippen molar-refractivity contribution in [1.82, 2.24) is 0 Å². The number of hydrogen-bond donors (Lipinski definition) is 0. The molecule has 0 N–H and O–H groups in total. The van der Waals surface area contributed by atoms with Crippen LogP contribution in [0.1, 0.15) is 0 Å². The van der Waals surface area contributed by atoms with E-state index in [-0.39, 0.29) is 11.4 Å². The third-order valence-electron chi connectivity index (χ3n) is 2.76. The first kappa shape index (κ1) is 11.1. The van der Waals surface area contributed by atoms with Crippen LogP contribution in [0.2, 0.25) is 0 Å². The molecular weight excluding hydrogens is 244 g/mol. The normalized spacial score (nSPS) is 10.5. The van der Waals surface area contributed by atoms with Gasteiger partial charge in [-0.1, -0.05) is 30.3 Å². The molecular formula is C14H6N2O3. The maximum atomic E-state index is 10.4. The van der Waals surface area contributed by atoms with Crippen LogP contribution < -0.4 is 4.74 Å². The molecule has 5 nitrogen and oxygen atoms in total. The summed E-state index contributed by atoms with van der Waals surface area (Å²) in [7, 11) is 0. The van der Waals surface area contributed by atoms with Crippen molar-refractivity contribution in [3.05, 3.63) is 36.4 Å². The minimum Gasteiger partial charge on any atom is -0.446 e. The van der Waals surface area contributed by atoms with E-state index in [1.807, 2.05) is 30.3 Å². The van der Waals surface area contributed by atoms with Crippen LogP contribution in [0, 0.1) is 0 Å². The predicted octanol–water partition coefficient (Wildman–Crippen LogP) is 3.39. The smallest absolute Gasteiger partial charge is 0.240 e. The van der Waals surface area contributed by atoms with Crippen molar-refractivity contribution in [3.8, 4) is 22.6 Å². The summed E-state index contributed by atoms with van der Waals surface area (Å²) in [6.07, 6.45) is 2.86. The van der Waals surface area contributed by atoms with Crippen LogP contribution in [0.5, 0.6) is 11.5 Å². The van der Waals surface area contributed by atoms with Crippen LogP contribution in [0.15, 0.2) is 46.4 Å². The van der Waals surface area contributed by atoms with Gasteiger partial charge in [-0.3, -0.25) is 0 Å². The Morgan fingerprint density at radius 1 is 0.947 bits per heavy atom. The summed E-state index contributed by atoms with van der Waals surface area (Å²) in [6, 6.07) is 11.2. The number of nitrogens with zero attached hydrogens (tertiary/aromatic N) is 2. The largest absolute Gasteiger partial charge is 0.446 e. The molecule has 0 bridgehead atoms. The van der Waals surface area contributed by atoms with Crippen molar-refractivity contribution in [3.63, 3.8) is 0 Å². The highest BCUT2D eigenvalue weighted by molar-refractivity contribution is 5.93. The number of benzene rings is 2. The topological polar surface area (TPSA) is 71.4 Å². The van der Waals surface area contributed by atoms with Crippen molar-refractivity contribution in [2.75, 3.05) is 0 Å². The number of rotatable bonds is 3. The van der Waals surface area contributed by atoms with E-state index in [1.54, 1.807) is 6.07 Å². The van der Waals surface area contributed by atoms with Crippen molar-refractivity contribution >= 4 is 23.5 Å². The molecule has 0 saturated carbocycles. The summed E-state index contributed by atoms with van der Waals surface area (Å²) < 4.78 is 5.33. The standard InChI is InChI=1S/C14H6N2O3/c17-7-15-11-6-10(9-4-2-1-3-5-9)13-14(19-13)12(11)16-8-18/h1-6H. The maximum Gasteiger partial charge on any atom is 0.240 e. The monoisotopic (exact) mass is 250 g/mol. The number of fused-ring (bicyclic) bond motifs is 1. The van der Waals surface area contributed by atoms with Crippen LogP contribution in [0.3, 0.4) is 0 Å². The van der Waals surface area contributed by atoms with Gasteiger partial charge in [0.05, 0.1) is 0 Å². The fraction of sp³-hybridized carbons (Fsp3) is 0. The van der Waals surface area contributed by atoms with Crippen molar-refractivity contribution in [2.24, 2.45) is 9.98 Å². The summed E-state index contributed by atoms with van der Waals surface area (Å²) in [6.45, 7) is 0. The molecule has 0 aromatic heterocycles. The first-order chi connectivity index (χ1) is 9.35. The predicted molar refractivity (Wildman–Crippen MR) is 67.5 cm³/mol. The molecule has 0 spiro atoms. The zero-order valence-electron chi connectivity index (χ0n) is 9.58. The van der Waals surface area contributed by atoms with E-state index in [2.05, 4.69) is 9.98 Å². The molecule has 2 aromatic carbocycles. The molecule has 1 heterocycles. The van der Waals surface area contributed by atoms with Gasteiger partial charge in [-0.25, -0.2) is 9.59 Å². The van der Waals surface area contributed by atoms with Gasteiger partial charge in [-0.15, -0.1) is 0 Å². The van der Waals surface area contributed by atoms with E-state index in [0.717, 1.165) is 11.1 Å². The highest BCUT2D eigenvalue weighted by Gasteiger charge is 2.32. The van der Waals surface area contributed by atoms with E-state index in [4.69, 9.17) is 4.74 Å². The summed E-state index contributed by atoms with van der Waals surface area (Å²) in [5.74, 6) is 1.10. The number of ether oxygens (including phenoxy) is 1. The molecule has 0 fully saturated rings. The van der Waals surface area contributed by atoms with Gasteiger partial charge in [0.15, 0.2) is 11.5 Å². The van der Waals surface area contributed by atoms with E-state index in [0.29, 0.717) is 11.5 Å². The molecule has 0 aliphatic carbocycles. The average molecular weight is 250 g/mol. The molecule has 0 radical (unpaired) electrons. The lowest BCUT2D eigenvalue weighted by atomic mass is 10.0. The molecule has 5 heteroatoms. The Labute approximate surface area is 107 Å². The Kier molecular flexibility index (Phi) is 2.54. The van der Waals surface area contributed by atoms with Gasteiger partial charge in [-0.05, 0) is 11.6 Å². The third-order valence-corrected chi connectivity index (χ3v) is 2.76. The summed E-state index contributed by atoms with van der Waals surface area (Å²) >= 11 is 0. The minimum absolute atomic E-state index is 0.216. The molecule has 3 rings (SSSR count). The lowest BCUT2D eigenvalue weighted by molar-refractivity contribution is 0.564. The zero-order valence-corrected chi connectivity index (χ0v) is 9.58. The Morgan fingerprint density at radius 2 is 1.68 bits per heavy atom. The second-order valence-electron chi connectivity index (χ2n) is 3.82. The number of carbonyl (C=O) groups excluding carboxylic acids is 2. The highest BCUT2D eigenvalue weighted by atomic mass is 16.6. The Morgan fingerprint density at radius 3 is 2.37 bits per heavy atom. The first-order valence-electron chi connectivity index (χ1n) is 5.45. The third kappa shape index (κ3) is 1.85. The first-order valence-corrected chi connectivity index (χ1v) is 5.45. The molecule has 19 heavy (non-hydrogen) atoms. The van der Waals surface area contributed by atoms with Gasteiger partial charge in [0.25, 0.3) is 0 Å². The molecule has 0 saturated heterocycles. The van der Waals surface area contributed by atoms with E-state index in [9.17, 15) is 9.59 Å². The summed E-state index contributed by atoms with van der Waals surface area (Å²) in [4.78, 5) is 27.9. The van der Waals surface area contributed by atoms with Crippen molar-refractivity contribution in [1.29, 1.82) is 0 Å². The lowest BCUT2D eigenvalue weighted by Crippen LogP contribution is -1.74. The number of aliphatic imine (C=N–C) groups is 2. The average Bonchev–Trinajstić information content (AvgIpc) is 3.23. The quantitative estimate of drug-likeness (QED) is 0.406. The Bertz CT molecular complexity index is 756. The zero-order chi connectivity index (χ0) is 13.2. The molecule has 0 atom stereocenters. The van der Waals surface area contributed by atoms with Gasteiger partial charge in [0, 0.05) is 5.56 Å². The van der Waals surface area contributed by atoms with Crippen LogP contribution in [-0.4, -0.2) is 12.2 Å². The van der Waals surface area contributed by atoms with Crippen LogP contribution in [0.25, 0.3) is 11.1 Å². The lowest BCUT2D eigenvalue weighted by Gasteiger charge is -1.99. The summed E-state index contributed by atoms with van der Waals surface area (Å²) in [5, 5.41) is 0. The van der Waals surface area contributed by atoms with E-state index < -0.39 is 0 Å². The fourth-order valence-corrected chi connectivity index (χ4v) is 1.92. The van der Waals surface area contributed by atoms with Gasteiger partial charge < -0.3 is 4.74 Å². The Balaban J connectivity index is 2.24.